The maximum atomic E-state index is 13.3. The number of sulfonamides is 1. The fraction of sp³-hybridized carbons (Fsp3) is 0.118. The molecule has 1 heterocycles. The van der Waals surface area contributed by atoms with Crippen molar-refractivity contribution in [2.24, 2.45) is 0 Å². The van der Waals surface area contributed by atoms with Crippen molar-refractivity contribution in [3.63, 3.8) is 0 Å². The molecule has 4 nitrogen and oxygen atoms in total. The Morgan fingerprint density at radius 1 is 1.13 bits per heavy atom. The van der Waals surface area contributed by atoms with E-state index in [1.165, 1.54) is 19.1 Å². The predicted molar refractivity (Wildman–Crippen MR) is 86.9 cm³/mol. The van der Waals surface area contributed by atoms with E-state index in [9.17, 15) is 12.8 Å². The summed E-state index contributed by atoms with van der Waals surface area (Å²) in [4.78, 5) is 4.30. The Labute approximate surface area is 134 Å². The molecule has 0 aliphatic heterocycles. The molecule has 0 aliphatic carbocycles. The third kappa shape index (κ3) is 3.23. The number of fused-ring (bicyclic) bond motifs is 1. The fourth-order valence-electron chi connectivity index (χ4n) is 2.35. The molecule has 2 aromatic carbocycles. The first kappa shape index (κ1) is 15.6. The van der Waals surface area contributed by atoms with Gasteiger partial charge in [0, 0.05) is 18.1 Å². The highest BCUT2D eigenvalue weighted by Crippen LogP contribution is 2.18. The van der Waals surface area contributed by atoms with Crippen LogP contribution in [-0.4, -0.2) is 13.4 Å². The highest BCUT2D eigenvalue weighted by atomic mass is 32.2. The van der Waals surface area contributed by atoms with Crippen LogP contribution in [0, 0.1) is 12.7 Å². The zero-order valence-corrected chi connectivity index (χ0v) is 13.3. The summed E-state index contributed by atoms with van der Waals surface area (Å²) in [6.45, 7) is 1.67. The van der Waals surface area contributed by atoms with Gasteiger partial charge in [-0.1, -0.05) is 18.2 Å². The van der Waals surface area contributed by atoms with Crippen molar-refractivity contribution >= 4 is 20.9 Å². The molecular weight excluding hydrogens is 315 g/mol. The van der Waals surface area contributed by atoms with Gasteiger partial charge in [-0.2, -0.15) is 0 Å². The first-order chi connectivity index (χ1) is 11.0. The average Bonchev–Trinajstić information content (AvgIpc) is 2.55. The molecule has 0 atom stereocenters. The first-order valence-corrected chi connectivity index (χ1v) is 8.54. The van der Waals surface area contributed by atoms with Crippen LogP contribution < -0.4 is 4.72 Å². The van der Waals surface area contributed by atoms with Gasteiger partial charge in [-0.15, -0.1) is 0 Å². The molecule has 0 unspecified atom stereocenters. The molecule has 0 saturated carbocycles. The Kier molecular flexibility index (Phi) is 4.11. The van der Waals surface area contributed by atoms with E-state index in [0.29, 0.717) is 5.56 Å². The first-order valence-electron chi connectivity index (χ1n) is 7.06. The number of hydrogen-bond donors (Lipinski definition) is 1. The minimum absolute atomic E-state index is 0.0507. The maximum Gasteiger partial charge on any atom is 0.240 e. The lowest BCUT2D eigenvalue weighted by molar-refractivity contribution is 0.580. The predicted octanol–water partition coefficient (Wildman–Crippen LogP) is 3.16. The molecule has 0 fully saturated rings. The van der Waals surface area contributed by atoms with Gasteiger partial charge in [0.25, 0.3) is 0 Å². The van der Waals surface area contributed by atoms with Crippen LogP contribution in [0.4, 0.5) is 4.39 Å². The van der Waals surface area contributed by atoms with E-state index < -0.39 is 15.8 Å². The third-order valence-electron chi connectivity index (χ3n) is 3.63. The zero-order valence-electron chi connectivity index (χ0n) is 12.5. The van der Waals surface area contributed by atoms with Crippen molar-refractivity contribution in [1.29, 1.82) is 0 Å². The second-order valence-electron chi connectivity index (χ2n) is 5.22. The van der Waals surface area contributed by atoms with Crippen molar-refractivity contribution in [3.05, 3.63) is 71.7 Å². The lowest BCUT2D eigenvalue weighted by Gasteiger charge is -2.09. The molecule has 0 radical (unpaired) electrons. The number of aromatic nitrogens is 1. The lowest BCUT2D eigenvalue weighted by atomic mass is 10.1. The smallest absolute Gasteiger partial charge is 0.240 e. The summed E-state index contributed by atoms with van der Waals surface area (Å²) in [5, 5.41) is 0.896. The highest BCUT2D eigenvalue weighted by molar-refractivity contribution is 7.89. The molecule has 3 rings (SSSR count). The summed E-state index contributed by atoms with van der Waals surface area (Å²) in [5.41, 5.74) is 1.93. The monoisotopic (exact) mass is 330 g/mol. The summed E-state index contributed by atoms with van der Waals surface area (Å²) in [6, 6.07) is 13.0. The Bertz CT molecular complexity index is 966. The summed E-state index contributed by atoms with van der Waals surface area (Å²) in [5.74, 6) is -0.427. The number of nitrogens with zero attached hydrogens (tertiary/aromatic N) is 1. The van der Waals surface area contributed by atoms with Crippen LogP contribution in [0.3, 0.4) is 0 Å². The minimum atomic E-state index is -3.70. The van der Waals surface area contributed by atoms with E-state index in [4.69, 9.17) is 0 Å². The molecule has 0 spiro atoms. The van der Waals surface area contributed by atoms with Gasteiger partial charge in [0.2, 0.25) is 10.0 Å². The van der Waals surface area contributed by atoms with Gasteiger partial charge in [0.05, 0.1) is 10.4 Å². The van der Waals surface area contributed by atoms with E-state index in [0.717, 1.165) is 22.5 Å². The number of halogens is 1. The molecule has 3 aromatic rings. The number of rotatable bonds is 4. The van der Waals surface area contributed by atoms with Crippen LogP contribution >= 0.6 is 0 Å². The topological polar surface area (TPSA) is 59.1 Å². The third-order valence-corrected chi connectivity index (χ3v) is 5.03. The minimum Gasteiger partial charge on any atom is -0.256 e. The van der Waals surface area contributed by atoms with Crippen LogP contribution in [0.1, 0.15) is 11.1 Å². The van der Waals surface area contributed by atoms with E-state index in [-0.39, 0.29) is 11.4 Å². The Hall–Kier alpha value is -2.31. The molecular formula is C17H15FN2O2S. The van der Waals surface area contributed by atoms with Crippen molar-refractivity contribution < 1.29 is 12.8 Å². The van der Waals surface area contributed by atoms with Gasteiger partial charge in [0.15, 0.2) is 0 Å². The molecule has 0 saturated heterocycles. The quantitative estimate of drug-likeness (QED) is 0.799. The number of aryl methyl sites for hydroxylation is 1. The van der Waals surface area contributed by atoms with E-state index in [1.807, 2.05) is 24.3 Å². The van der Waals surface area contributed by atoms with Gasteiger partial charge in [0.1, 0.15) is 5.82 Å². The van der Waals surface area contributed by atoms with Crippen LogP contribution in [0.25, 0.3) is 10.9 Å². The number of nitrogens with one attached hydrogen (secondary N) is 1. The highest BCUT2D eigenvalue weighted by Gasteiger charge is 2.15. The molecule has 118 valence electrons. The van der Waals surface area contributed by atoms with Crippen LogP contribution in [0.15, 0.2) is 59.6 Å². The van der Waals surface area contributed by atoms with Crippen LogP contribution in [0.5, 0.6) is 0 Å². The Morgan fingerprint density at radius 3 is 2.70 bits per heavy atom. The zero-order chi connectivity index (χ0) is 16.4. The van der Waals surface area contributed by atoms with Gasteiger partial charge in [-0.05, 0) is 48.4 Å². The SMILES string of the molecule is Cc1cc(S(=O)(=O)NCc2ccnc3ccccc23)ccc1F. The van der Waals surface area contributed by atoms with Crippen LogP contribution in [-0.2, 0) is 16.6 Å². The summed E-state index contributed by atoms with van der Waals surface area (Å²) < 4.78 is 40.6. The number of hydrogen-bond acceptors (Lipinski definition) is 3. The summed E-state index contributed by atoms with van der Waals surface area (Å²) in [6.07, 6.45) is 1.65. The number of pyridine rings is 1. The van der Waals surface area contributed by atoms with Gasteiger partial charge >= 0.3 is 0 Å². The van der Waals surface area contributed by atoms with Gasteiger partial charge in [-0.25, -0.2) is 17.5 Å². The lowest BCUT2D eigenvalue weighted by Crippen LogP contribution is -2.23. The second kappa shape index (κ2) is 6.06. The Balaban J connectivity index is 1.87. The number of para-hydroxylation sites is 1. The van der Waals surface area contributed by atoms with Crippen molar-refractivity contribution in [1.82, 2.24) is 9.71 Å². The van der Waals surface area contributed by atoms with E-state index in [2.05, 4.69) is 9.71 Å². The maximum absolute atomic E-state index is 13.3. The van der Waals surface area contributed by atoms with Gasteiger partial charge in [-0.3, -0.25) is 4.98 Å². The molecule has 23 heavy (non-hydrogen) atoms. The van der Waals surface area contributed by atoms with Crippen molar-refractivity contribution in [2.75, 3.05) is 0 Å². The number of benzene rings is 2. The van der Waals surface area contributed by atoms with Crippen molar-refractivity contribution in [2.45, 2.75) is 18.4 Å². The summed E-state index contributed by atoms with van der Waals surface area (Å²) >= 11 is 0. The normalized spacial score (nSPS) is 11.7. The molecule has 1 aromatic heterocycles. The van der Waals surface area contributed by atoms with Crippen LogP contribution in [0.2, 0.25) is 0 Å². The Morgan fingerprint density at radius 2 is 1.91 bits per heavy atom. The van der Waals surface area contributed by atoms with Gasteiger partial charge < -0.3 is 0 Å². The van der Waals surface area contributed by atoms with E-state index >= 15 is 0 Å². The molecule has 0 amide bonds. The van der Waals surface area contributed by atoms with E-state index in [1.54, 1.807) is 12.3 Å². The molecule has 1 N–H and O–H groups in total. The molecule has 0 bridgehead atoms. The average molecular weight is 330 g/mol. The largest absolute Gasteiger partial charge is 0.256 e. The molecule has 6 heteroatoms. The fourth-order valence-corrected chi connectivity index (χ4v) is 3.44. The standard InChI is InChI=1S/C17H15FN2O2S/c1-12-10-14(6-7-16(12)18)23(21,22)20-11-13-8-9-19-17-5-3-2-4-15(13)17/h2-10,20H,11H2,1H3. The van der Waals surface area contributed by atoms with Crippen molar-refractivity contribution in [3.8, 4) is 0 Å². The molecule has 0 aliphatic rings. The second-order valence-corrected chi connectivity index (χ2v) is 6.99. The summed E-state index contributed by atoms with van der Waals surface area (Å²) in [7, 11) is -3.70.